The Kier molecular flexibility index (Phi) is 3.26. The summed E-state index contributed by atoms with van der Waals surface area (Å²) in [6.45, 7) is 4.43. The molecule has 0 aliphatic carbocycles. The highest BCUT2D eigenvalue weighted by molar-refractivity contribution is 5.77. The quantitative estimate of drug-likeness (QED) is 0.730. The van der Waals surface area contributed by atoms with Crippen molar-refractivity contribution in [2.75, 3.05) is 0 Å². The van der Waals surface area contributed by atoms with Crippen molar-refractivity contribution in [3.63, 3.8) is 0 Å². The third-order valence-corrected chi connectivity index (χ3v) is 3.62. The standard InChI is InChI=1S/C16H15N5O/c1-3-6-20-14(18)11(8-17)7-12-15(20)19-13-5-4-10(2)9-21(13)16(12)22/h4-5,7,9,18H,3,6H2,1-2H3. The van der Waals surface area contributed by atoms with Gasteiger partial charge in [0.05, 0.1) is 10.9 Å². The Morgan fingerprint density at radius 3 is 2.86 bits per heavy atom. The fourth-order valence-corrected chi connectivity index (χ4v) is 2.57. The first kappa shape index (κ1) is 14.0. The van der Waals surface area contributed by atoms with E-state index in [1.807, 2.05) is 26.0 Å². The second kappa shape index (κ2) is 5.11. The maximum Gasteiger partial charge on any atom is 0.267 e. The van der Waals surface area contributed by atoms with Crippen molar-refractivity contribution >= 4 is 16.7 Å². The molecule has 0 fully saturated rings. The van der Waals surface area contributed by atoms with Gasteiger partial charge in [-0.1, -0.05) is 13.0 Å². The minimum atomic E-state index is -0.218. The van der Waals surface area contributed by atoms with E-state index in [-0.39, 0.29) is 16.6 Å². The predicted molar refractivity (Wildman–Crippen MR) is 82.6 cm³/mol. The van der Waals surface area contributed by atoms with Gasteiger partial charge in [0.2, 0.25) is 0 Å². The van der Waals surface area contributed by atoms with E-state index in [2.05, 4.69) is 4.98 Å². The molecule has 0 bridgehead atoms. The Morgan fingerprint density at radius 1 is 1.41 bits per heavy atom. The van der Waals surface area contributed by atoms with Crippen LogP contribution in [0.5, 0.6) is 0 Å². The summed E-state index contributed by atoms with van der Waals surface area (Å²) in [6.07, 6.45) is 2.52. The van der Waals surface area contributed by atoms with E-state index in [9.17, 15) is 10.1 Å². The third-order valence-electron chi connectivity index (χ3n) is 3.62. The first-order valence-corrected chi connectivity index (χ1v) is 7.08. The van der Waals surface area contributed by atoms with Crippen molar-refractivity contribution in [3.05, 3.63) is 51.4 Å². The zero-order valence-corrected chi connectivity index (χ0v) is 12.4. The molecule has 3 aromatic rings. The number of aryl methyl sites for hydroxylation is 2. The lowest BCUT2D eigenvalue weighted by Crippen LogP contribution is -2.27. The topological polar surface area (TPSA) is 86.9 Å². The highest BCUT2D eigenvalue weighted by atomic mass is 16.1. The van der Waals surface area contributed by atoms with E-state index in [0.717, 1.165) is 12.0 Å². The number of nitriles is 1. The SMILES string of the molecule is CCCn1c(=N)c(C#N)cc2c(=O)n3cc(C)ccc3nc21. The molecular weight excluding hydrogens is 278 g/mol. The number of nitrogens with zero attached hydrogens (tertiary/aromatic N) is 4. The van der Waals surface area contributed by atoms with Crippen molar-refractivity contribution in [2.24, 2.45) is 0 Å². The average Bonchev–Trinajstić information content (AvgIpc) is 2.51. The fraction of sp³-hybridized carbons (Fsp3) is 0.250. The molecule has 0 saturated heterocycles. The fourth-order valence-electron chi connectivity index (χ4n) is 2.57. The van der Waals surface area contributed by atoms with Gasteiger partial charge in [0.25, 0.3) is 5.56 Å². The van der Waals surface area contributed by atoms with Crippen molar-refractivity contribution in [2.45, 2.75) is 26.8 Å². The normalized spacial score (nSPS) is 11.0. The van der Waals surface area contributed by atoms with Gasteiger partial charge in [-0.3, -0.25) is 14.6 Å². The summed E-state index contributed by atoms with van der Waals surface area (Å²) in [5.41, 5.74) is 2.02. The van der Waals surface area contributed by atoms with Gasteiger partial charge in [0, 0.05) is 12.7 Å². The first-order valence-electron chi connectivity index (χ1n) is 7.08. The minimum Gasteiger partial charge on any atom is -0.310 e. The minimum absolute atomic E-state index is 0.0974. The van der Waals surface area contributed by atoms with E-state index < -0.39 is 0 Å². The summed E-state index contributed by atoms with van der Waals surface area (Å²) in [5, 5.41) is 17.7. The molecule has 0 aromatic carbocycles. The van der Waals surface area contributed by atoms with Crippen LogP contribution in [0.1, 0.15) is 24.5 Å². The highest BCUT2D eigenvalue weighted by Crippen LogP contribution is 2.11. The molecule has 0 amide bonds. The van der Waals surface area contributed by atoms with Gasteiger partial charge in [-0.15, -0.1) is 0 Å². The van der Waals surface area contributed by atoms with Crippen LogP contribution in [0.25, 0.3) is 16.7 Å². The third kappa shape index (κ3) is 1.99. The van der Waals surface area contributed by atoms with E-state index in [1.165, 1.54) is 10.5 Å². The Labute approximate surface area is 126 Å². The maximum atomic E-state index is 12.7. The molecule has 1 N–H and O–H groups in total. The number of pyridine rings is 2. The van der Waals surface area contributed by atoms with Crippen molar-refractivity contribution in [1.82, 2.24) is 14.0 Å². The summed E-state index contributed by atoms with van der Waals surface area (Å²) >= 11 is 0. The molecule has 3 heterocycles. The lowest BCUT2D eigenvalue weighted by molar-refractivity contribution is 0.653. The number of rotatable bonds is 2. The summed E-state index contributed by atoms with van der Waals surface area (Å²) < 4.78 is 3.12. The Balaban J connectivity index is 2.58. The maximum absolute atomic E-state index is 12.7. The largest absolute Gasteiger partial charge is 0.310 e. The summed E-state index contributed by atoms with van der Waals surface area (Å²) in [5.74, 6) is 0. The Hall–Kier alpha value is -2.94. The molecule has 0 aliphatic heterocycles. The molecule has 0 atom stereocenters. The second-order valence-electron chi connectivity index (χ2n) is 5.26. The Bertz CT molecular complexity index is 1050. The molecule has 0 saturated carbocycles. The van der Waals surface area contributed by atoms with E-state index >= 15 is 0 Å². The van der Waals surface area contributed by atoms with Crippen molar-refractivity contribution in [1.29, 1.82) is 10.7 Å². The van der Waals surface area contributed by atoms with Crippen LogP contribution >= 0.6 is 0 Å². The van der Waals surface area contributed by atoms with Crippen LogP contribution in [0.15, 0.2) is 29.2 Å². The summed E-state index contributed by atoms with van der Waals surface area (Å²) in [7, 11) is 0. The number of nitrogens with one attached hydrogen (secondary N) is 1. The number of aromatic nitrogens is 3. The zero-order chi connectivity index (χ0) is 15.9. The number of hydrogen-bond acceptors (Lipinski definition) is 4. The second-order valence-corrected chi connectivity index (χ2v) is 5.26. The molecule has 6 nitrogen and oxygen atoms in total. The smallest absolute Gasteiger partial charge is 0.267 e. The average molecular weight is 293 g/mol. The molecule has 110 valence electrons. The molecule has 3 aromatic heterocycles. The van der Waals surface area contributed by atoms with E-state index in [4.69, 9.17) is 5.41 Å². The molecule has 6 heteroatoms. The molecular formula is C16H15N5O. The lowest BCUT2D eigenvalue weighted by atomic mass is 10.2. The number of hydrogen-bond donors (Lipinski definition) is 1. The van der Waals surface area contributed by atoms with Crippen molar-refractivity contribution in [3.8, 4) is 6.07 Å². The van der Waals surface area contributed by atoms with Crippen molar-refractivity contribution < 1.29 is 0 Å². The van der Waals surface area contributed by atoms with Crippen LogP contribution in [0.4, 0.5) is 0 Å². The van der Waals surface area contributed by atoms with Crippen LogP contribution in [0.3, 0.4) is 0 Å². The van der Waals surface area contributed by atoms with E-state index in [1.54, 1.807) is 16.8 Å². The van der Waals surface area contributed by atoms with Crippen LogP contribution in [-0.2, 0) is 6.54 Å². The van der Waals surface area contributed by atoms with Gasteiger partial charge in [-0.25, -0.2) is 4.98 Å². The molecule has 0 radical (unpaired) electrons. The molecule has 0 aliphatic rings. The summed E-state index contributed by atoms with van der Waals surface area (Å²) in [4.78, 5) is 17.2. The van der Waals surface area contributed by atoms with E-state index in [0.29, 0.717) is 23.2 Å². The van der Waals surface area contributed by atoms with Crippen LogP contribution in [0.2, 0.25) is 0 Å². The van der Waals surface area contributed by atoms with Gasteiger partial charge < -0.3 is 4.57 Å². The predicted octanol–water partition coefficient (Wildman–Crippen LogP) is 1.72. The first-order chi connectivity index (χ1) is 10.6. The monoisotopic (exact) mass is 293 g/mol. The van der Waals surface area contributed by atoms with Gasteiger partial charge in [0.1, 0.15) is 22.9 Å². The van der Waals surface area contributed by atoms with Crippen LogP contribution in [0, 0.1) is 23.7 Å². The van der Waals surface area contributed by atoms with Gasteiger partial charge in [0.15, 0.2) is 0 Å². The molecule has 22 heavy (non-hydrogen) atoms. The van der Waals surface area contributed by atoms with Gasteiger partial charge >= 0.3 is 0 Å². The van der Waals surface area contributed by atoms with Gasteiger partial charge in [-0.2, -0.15) is 5.26 Å². The van der Waals surface area contributed by atoms with Gasteiger partial charge in [-0.05, 0) is 31.0 Å². The zero-order valence-electron chi connectivity index (χ0n) is 12.4. The molecule has 0 unspecified atom stereocenters. The number of fused-ring (bicyclic) bond motifs is 2. The molecule has 3 rings (SSSR count). The Morgan fingerprint density at radius 2 is 2.18 bits per heavy atom. The lowest BCUT2D eigenvalue weighted by Gasteiger charge is -2.12. The summed E-state index contributed by atoms with van der Waals surface area (Å²) in [6, 6.07) is 7.13. The van der Waals surface area contributed by atoms with Crippen LogP contribution in [-0.4, -0.2) is 14.0 Å². The highest BCUT2D eigenvalue weighted by Gasteiger charge is 2.12. The molecule has 0 spiro atoms. The van der Waals surface area contributed by atoms with Crippen LogP contribution < -0.4 is 11.0 Å².